The lowest BCUT2D eigenvalue weighted by Gasteiger charge is -2.17. The Bertz CT molecular complexity index is 344. The number of halogens is 5. The van der Waals surface area contributed by atoms with E-state index in [1.807, 2.05) is 0 Å². The third-order valence-electron chi connectivity index (χ3n) is 1.48. The maximum absolute atomic E-state index is 12.5. The van der Waals surface area contributed by atoms with E-state index >= 15 is 0 Å². The van der Waals surface area contributed by atoms with Crippen molar-refractivity contribution in [3.8, 4) is 0 Å². The molecule has 0 aliphatic rings. The number of carboxylic acid groups (broad SMARTS) is 1. The summed E-state index contributed by atoms with van der Waals surface area (Å²) in [7, 11) is 0. The zero-order chi connectivity index (χ0) is 13.9. The molecule has 0 aliphatic heterocycles. The maximum atomic E-state index is 12.5. The van der Waals surface area contributed by atoms with Gasteiger partial charge in [-0.25, -0.2) is 4.79 Å². The molecular formula is C8H7F5O4. The van der Waals surface area contributed by atoms with Gasteiger partial charge in [0.05, 0.1) is 6.61 Å². The first-order valence-electron chi connectivity index (χ1n) is 4.10. The van der Waals surface area contributed by atoms with Crippen molar-refractivity contribution in [2.24, 2.45) is 0 Å². The third-order valence-corrected chi connectivity index (χ3v) is 1.48. The fraction of sp³-hybridized carbons (Fsp3) is 0.500. The van der Waals surface area contributed by atoms with E-state index in [4.69, 9.17) is 5.11 Å². The van der Waals surface area contributed by atoms with Gasteiger partial charge in [0.2, 0.25) is 0 Å². The van der Waals surface area contributed by atoms with Crippen molar-refractivity contribution in [2.45, 2.75) is 19.0 Å². The third kappa shape index (κ3) is 3.40. The second kappa shape index (κ2) is 5.11. The van der Waals surface area contributed by atoms with Crippen molar-refractivity contribution in [2.75, 3.05) is 6.61 Å². The lowest BCUT2D eigenvalue weighted by Crippen LogP contribution is -2.45. The maximum Gasteiger partial charge on any atom is 0.461 e. The molecule has 0 bridgehead atoms. The van der Waals surface area contributed by atoms with Crippen LogP contribution < -0.4 is 0 Å². The van der Waals surface area contributed by atoms with Crippen molar-refractivity contribution in [3.05, 3.63) is 11.8 Å². The minimum atomic E-state index is -6.16. The Labute approximate surface area is 91.7 Å². The van der Waals surface area contributed by atoms with Crippen LogP contribution >= 0.6 is 0 Å². The Morgan fingerprint density at radius 3 is 2.00 bits per heavy atom. The quantitative estimate of drug-likeness (QED) is 0.269. The number of ketones is 1. The summed E-state index contributed by atoms with van der Waals surface area (Å²) in [6.07, 6.45) is -6.10. The van der Waals surface area contributed by atoms with Gasteiger partial charge in [0.1, 0.15) is 11.8 Å². The zero-order valence-electron chi connectivity index (χ0n) is 8.35. The Balaban J connectivity index is 5.32. The van der Waals surface area contributed by atoms with Crippen LogP contribution in [0.25, 0.3) is 0 Å². The van der Waals surface area contributed by atoms with Crippen LogP contribution in [0.15, 0.2) is 11.8 Å². The molecule has 4 nitrogen and oxygen atoms in total. The molecule has 0 radical (unpaired) electrons. The molecule has 0 amide bonds. The molecule has 0 saturated carbocycles. The fourth-order valence-electron chi connectivity index (χ4n) is 0.666. The summed E-state index contributed by atoms with van der Waals surface area (Å²) in [6.45, 7) is 1.13. The van der Waals surface area contributed by atoms with Crippen LogP contribution in [-0.4, -0.2) is 35.6 Å². The van der Waals surface area contributed by atoms with E-state index in [0.717, 1.165) is 0 Å². The molecule has 0 aliphatic carbocycles. The molecule has 0 fully saturated rings. The molecule has 1 N–H and O–H groups in total. The van der Waals surface area contributed by atoms with E-state index in [1.54, 1.807) is 0 Å². The first kappa shape index (κ1) is 15.3. The predicted octanol–water partition coefficient (Wildman–Crippen LogP) is 1.76. The smallest absolute Gasteiger partial charge is 0.461 e. The summed E-state index contributed by atoms with van der Waals surface area (Å²) < 4.78 is 64.7. The average molecular weight is 262 g/mol. The number of carbonyl (C=O) groups excluding carboxylic acids is 1. The van der Waals surface area contributed by atoms with Gasteiger partial charge in [-0.05, 0) is 6.92 Å². The summed E-state index contributed by atoms with van der Waals surface area (Å²) in [5.41, 5.74) is -1.77. The van der Waals surface area contributed by atoms with Gasteiger partial charge in [0.25, 0.3) is 5.78 Å². The van der Waals surface area contributed by atoms with Crippen LogP contribution in [0.4, 0.5) is 22.0 Å². The first-order valence-corrected chi connectivity index (χ1v) is 4.10. The number of aliphatic carboxylic acids is 1. The largest absolute Gasteiger partial charge is 0.500 e. The summed E-state index contributed by atoms with van der Waals surface area (Å²) in [5.74, 6) is -10.9. The van der Waals surface area contributed by atoms with Gasteiger partial charge in [-0.2, -0.15) is 22.0 Å². The number of alkyl halides is 5. The van der Waals surface area contributed by atoms with Crippen LogP contribution in [0, 0.1) is 0 Å². The normalized spacial score (nSPS) is 13.4. The molecule has 0 unspecified atom stereocenters. The van der Waals surface area contributed by atoms with Crippen molar-refractivity contribution < 1.29 is 41.4 Å². The molecule has 0 heterocycles. The van der Waals surface area contributed by atoms with E-state index in [0.29, 0.717) is 0 Å². The molecule has 9 heteroatoms. The predicted molar refractivity (Wildman–Crippen MR) is 43.4 cm³/mol. The number of Topliss-reactive ketones (excluding diaryl/α,β-unsaturated/α-hetero) is 1. The lowest BCUT2D eigenvalue weighted by atomic mass is 10.1. The standard InChI is InChI=1S/C8H7F5O4/c1-2-17-3-4(6(15)16)5(14)7(9,10)8(11,12)13/h3H,2H2,1H3,(H,15,16)/b4-3+. The van der Waals surface area contributed by atoms with Crippen molar-refractivity contribution >= 4 is 11.8 Å². The summed E-state index contributed by atoms with van der Waals surface area (Å²) in [6, 6.07) is 0. The minimum absolute atomic E-state index is 0.0598. The van der Waals surface area contributed by atoms with Gasteiger partial charge < -0.3 is 9.84 Å². The van der Waals surface area contributed by atoms with Crippen LogP contribution in [0.1, 0.15) is 6.92 Å². The molecule has 0 rings (SSSR count). The zero-order valence-corrected chi connectivity index (χ0v) is 8.35. The van der Waals surface area contributed by atoms with Gasteiger partial charge in [0, 0.05) is 0 Å². The van der Waals surface area contributed by atoms with Gasteiger partial charge >= 0.3 is 18.1 Å². The minimum Gasteiger partial charge on any atom is -0.500 e. The van der Waals surface area contributed by atoms with Crippen LogP contribution in [0.3, 0.4) is 0 Å². The van der Waals surface area contributed by atoms with Gasteiger partial charge in [-0.1, -0.05) is 0 Å². The van der Waals surface area contributed by atoms with E-state index in [9.17, 15) is 31.5 Å². The number of carboxylic acids is 1. The topological polar surface area (TPSA) is 63.6 Å². The molecular weight excluding hydrogens is 255 g/mol. The number of hydrogen-bond donors (Lipinski definition) is 1. The van der Waals surface area contributed by atoms with Crippen molar-refractivity contribution in [1.29, 1.82) is 0 Å². The van der Waals surface area contributed by atoms with E-state index in [1.165, 1.54) is 6.92 Å². The molecule has 0 aromatic rings. The SMILES string of the molecule is CCO/C=C(/C(=O)O)C(=O)C(F)(F)C(F)(F)F. The highest BCUT2D eigenvalue weighted by Gasteiger charge is 2.64. The van der Waals surface area contributed by atoms with E-state index < -0.39 is 29.4 Å². The van der Waals surface area contributed by atoms with E-state index in [2.05, 4.69) is 4.74 Å². The first-order chi connectivity index (χ1) is 7.55. The average Bonchev–Trinajstić information content (AvgIpc) is 2.15. The second-order valence-electron chi connectivity index (χ2n) is 2.69. The lowest BCUT2D eigenvalue weighted by molar-refractivity contribution is -0.266. The highest BCUT2D eigenvalue weighted by atomic mass is 19.4. The van der Waals surface area contributed by atoms with Gasteiger partial charge in [-0.3, -0.25) is 4.79 Å². The molecule has 0 atom stereocenters. The highest BCUT2D eigenvalue weighted by Crippen LogP contribution is 2.37. The summed E-state index contributed by atoms with van der Waals surface area (Å²) in [4.78, 5) is 21.1. The van der Waals surface area contributed by atoms with Gasteiger partial charge in [0.15, 0.2) is 0 Å². The molecule has 98 valence electrons. The van der Waals surface area contributed by atoms with Gasteiger partial charge in [-0.15, -0.1) is 0 Å². The highest BCUT2D eigenvalue weighted by molar-refractivity contribution is 6.19. The van der Waals surface area contributed by atoms with Crippen LogP contribution in [0.5, 0.6) is 0 Å². The Kier molecular flexibility index (Phi) is 4.60. The molecule has 0 aromatic carbocycles. The van der Waals surface area contributed by atoms with Crippen LogP contribution in [-0.2, 0) is 14.3 Å². The van der Waals surface area contributed by atoms with Crippen molar-refractivity contribution in [1.82, 2.24) is 0 Å². The second-order valence-corrected chi connectivity index (χ2v) is 2.69. The number of rotatable bonds is 5. The number of ether oxygens (including phenoxy) is 1. The Hall–Kier alpha value is -1.67. The molecule has 17 heavy (non-hydrogen) atoms. The Morgan fingerprint density at radius 1 is 1.24 bits per heavy atom. The Morgan fingerprint density at radius 2 is 1.71 bits per heavy atom. The monoisotopic (exact) mass is 262 g/mol. The fourth-order valence-corrected chi connectivity index (χ4v) is 0.666. The van der Waals surface area contributed by atoms with Crippen LogP contribution in [0.2, 0.25) is 0 Å². The number of carbonyl (C=O) groups is 2. The summed E-state index contributed by atoms with van der Waals surface area (Å²) in [5, 5.41) is 8.33. The molecule has 0 saturated heterocycles. The molecule has 0 aromatic heterocycles. The number of hydrogen-bond acceptors (Lipinski definition) is 3. The molecule has 0 spiro atoms. The van der Waals surface area contributed by atoms with Crippen molar-refractivity contribution in [3.63, 3.8) is 0 Å². The van der Waals surface area contributed by atoms with E-state index in [-0.39, 0.29) is 12.9 Å². The summed E-state index contributed by atoms with van der Waals surface area (Å²) >= 11 is 0.